The number of hydrogen-bond acceptors (Lipinski definition) is 3. The number of ketones is 1. The number of rotatable bonds is 4. The largest absolute Gasteiger partial charge is 0.490 e. The minimum absolute atomic E-state index is 0.202. The van der Waals surface area contributed by atoms with Gasteiger partial charge in [-0.25, -0.2) is 0 Å². The molecule has 0 spiro atoms. The van der Waals surface area contributed by atoms with Crippen molar-refractivity contribution in [2.24, 2.45) is 0 Å². The second kappa shape index (κ2) is 5.99. The summed E-state index contributed by atoms with van der Waals surface area (Å²) in [5.74, 6) is -0.584. The van der Waals surface area contributed by atoms with Crippen molar-refractivity contribution in [1.29, 1.82) is 0 Å². The molecule has 0 saturated heterocycles. The molecule has 3 rings (SSSR count). The standard InChI is InChI=1S/C16H11Cl2NO3/c17-11-5-3-7-13(14(11)18)22-9-8-19-12-6-2-1-4-10(12)15(20)16(19)21/h1-7H,8-9H2. The van der Waals surface area contributed by atoms with Crippen molar-refractivity contribution in [2.75, 3.05) is 18.1 Å². The molecule has 1 heterocycles. The van der Waals surface area contributed by atoms with Gasteiger partial charge in [0.1, 0.15) is 17.4 Å². The maximum atomic E-state index is 12.0. The number of amides is 1. The summed E-state index contributed by atoms with van der Waals surface area (Å²) in [5.41, 5.74) is 1.03. The number of carbonyl (C=O) groups is 2. The Hall–Kier alpha value is -2.04. The van der Waals surface area contributed by atoms with Crippen LogP contribution in [0.3, 0.4) is 0 Å². The Morgan fingerprint density at radius 3 is 2.59 bits per heavy atom. The van der Waals surface area contributed by atoms with Crippen LogP contribution >= 0.6 is 23.2 Å². The fourth-order valence-electron chi connectivity index (χ4n) is 2.31. The van der Waals surface area contributed by atoms with Gasteiger partial charge in [-0.1, -0.05) is 41.4 Å². The van der Waals surface area contributed by atoms with Gasteiger partial charge in [-0.15, -0.1) is 0 Å². The van der Waals surface area contributed by atoms with Gasteiger partial charge in [0.25, 0.3) is 11.7 Å². The molecule has 0 aromatic heterocycles. The van der Waals surface area contributed by atoms with E-state index in [1.807, 2.05) is 0 Å². The van der Waals surface area contributed by atoms with Crippen molar-refractivity contribution in [3.63, 3.8) is 0 Å². The minimum atomic E-state index is -0.540. The van der Waals surface area contributed by atoms with Gasteiger partial charge in [0.2, 0.25) is 0 Å². The number of carbonyl (C=O) groups excluding carboxylic acids is 2. The molecule has 0 unspecified atom stereocenters. The number of benzene rings is 2. The van der Waals surface area contributed by atoms with Crippen LogP contribution < -0.4 is 9.64 Å². The van der Waals surface area contributed by atoms with Crippen LogP contribution in [0.4, 0.5) is 5.69 Å². The number of Topliss-reactive ketones (excluding diaryl/α,β-unsaturated/α-hetero) is 1. The van der Waals surface area contributed by atoms with Gasteiger partial charge in [0.15, 0.2) is 0 Å². The lowest BCUT2D eigenvalue weighted by Gasteiger charge is -2.17. The second-order valence-corrected chi connectivity index (χ2v) is 5.49. The summed E-state index contributed by atoms with van der Waals surface area (Å²) in [6, 6.07) is 12.0. The zero-order valence-corrected chi connectivity index (χ0v) is 12.9. The maximum Gasteiger partial charge on any atom is 0.299 e. The van der Waals surface area contributed by atoms with Gasteiger partial charge >= 0.3 is 0 Å². The number of para-hydroxylation sites is 1. The van der Waals surface area contributed by atoms with Gasteiger partial charge in [-0.05, 0) is 24.3 Å². The Labute approximate surface area is 137 Å². The molecule has 0 saturated carbocycles. The molecule has 1 amide bonds. The number of hydrogen-bond donors (Lipinski definition) is 0. The Morgan fingerprint density at radius 1 is 1.00 bits per heavy atom. The van der Waals surface area contributed by atoms with Crippen molar-refractivity contribution < 1.29 is 14.3 Å². The van der Waals surface area contributed by atoms with E-state index in [-0.39, 0.29) is 13.2 Å². The molecule has 0 fully saturated rings. The van der Waals surface area contributed by atoms with Crippen LogP contribution in [-0.4, -0.2) is 24.8 Å². The van der Waals surface area contributed by atoms with Crippen molar-refractivity contribution in [2.45, 2.75) is 0 Å². The summed E-state index contributed by atoms with van der Waals surface area (Å²) in [6.45, 7) is 0.456. The maximum absolute atomic E-state index is 12.0. The SMILES string of the molecule is O=C1C(=O)N(CCOc2cccc(Cl)c2Cl)c2ccccc21. The quantitative estimate of drug-likeness (QED) is 0.802. The summed E-state index contributed by atoms with van der Waals surface area (Å²) in [6.07, 6.45) is 0. The highest BCUT2D eigenvalue weighted by molar-refractivity contribution is 6.52. The van der Waals surface area contributed by atoms with Crippen LogP contribution in [0.15, 0.2) is 42.5 Å². The van der Waals surface area contributed by atoms with Crippen LogP contribution in [0, 0.1) is 0 Å². The summed E-state index contributed by atoms with van der Waals surface area (Å²) >= 11 is 11.9. The third-order valence-electron chi connectivity index (χ3n) is 3.37. The van der Waals surface area contributed by atoms with Gasteiger partial charge in [0.05, 0.1) is 22.8 Å². The second-order valence-electron chi connectivity index (χ2n) is 4.70. The number of nitrogens with zero attached hydrogens (tertiary/aromatic N) is 1. The van der Waals surface area contributed by atoms with Gasteiger partial charge in [-0.3, -0.25) is 9.59 Å². The summed E-state index contributed by atoms with van der Waals surface area (Å²) < 4.78 is 5.56. The Kier molecular flexibility index (Phi) is 4.05. The normalized spacial score (nSPS) is 13.5. The lowest BCUT2D eigenvalue weighted by Crippen LogP contribution is -2.33. The van der Waals surface area contributed by atoms with Gasteiger partial charge in [0, 0.05) is 0 Å². The molecule has 0 radical (unpaired) electrons. The molecule has 0 bridgehead atoms. The number of anilines is 1. The number of ether oxygens (including phenoxy) is 1. The van der Waals surface area contributed by atoms with E-state index in [0.717, 1.165) is 0 Å². The molecule has 2 aromatic carbocycles. The predicted molar refractivity (Wildman–Crippen MR) is 85.1 cm³/mol. The highest BCUT2D eigenvalue weighted by Crippen LogP contribution is 2.32. The van der Waals surface area contributed by atoms with Crippen LogP contribution in [-0.2, 0) is 4.79 Å². The number of halogens is 2. The average molecular weight is 336 g/mol. The first-order valence-electron chi connectivity index (χ1n) is 6.61. The summed E-state index contributed by atoms with van der Waals surface area (Å²) in [7, 11) is 0. The Balaban J connectivity index is 1.71. The van der Waals surface area contributed by atoms with Gasteiger partial charge < -0.3 is 9.64 Å². The molecular formula is C16H11Cl2NO3. The Bertz CT molecular complexity index is 761. The van der Waals surface area contributed by atoms with E-state index in [1.54, 1.807) is 42.5 Å². The molecule has 6 heteroatoms. The van der Waals surface area contributed by atoms with Crippen LogP contribution in [0.25, 0.3) is 0 Å². The number of fused-ring (bicyclic) bond motifs is 1. The zero-order chi connectivity index (χ0) is 15.7. The highest BCUT2D eigenvalue weighted by Gasteiger charge is 2.35. The topological polar surface area (TPSA) is 46.6 Å². The molecule has 4 nitrogen and oxygen atoms in total. The predicted octanol–water partition coefficient (Wildman–Crippen LogP) is 3.60. The molecule has 0 N–H and O–H groups in total. The van der Waals surface area contributed by atoms with E-state index in [4.69, 9.17) is 27.9 Å². The van der Waals surface area contributed by atoms with Crippen molar-refractivity contribution in [1.82, 2.24) is 0 Å². The summed E-state index contributed by atoms with van der Waals surface area (Å²) in [4.78, 5) is 25.3. The van der Waals surface area contributed by atoms with E-state index in [1.165, 1.54) is 4.90 Å². The van der Waals surface area contributed by atoms with Gasteiger partial charge in [-0.2, -0.15) is 0 Å². The monoisotopic (exact) mass is 335 g/mol. The van der Waals surface area contributed by atoms with Crippen molar-refractivity contribution in [3.8, 4) is 5.75 Å². The minimum Gasteiger partial charge on any atom is -0.490 e. The third kappa shape index (κ3) is 2.56. The van der Waals surface area contributed by atoms with Crippen molar-refractivity contribution >= 4 is 40.6 Å². The first-order chi connectivity index (χ1) is 10.6. The molecule has 2 aromatic rings. The molecule has 112 valence electrons. The van der Waals surface area contributed by atoms with Crippen molar-refractivity contribution in [3.05, 3.63) is 58.1 Å². The van der Waals surface area contributed by atoms with Crippen LogP contribution in [0.2, 0.25) is 10.0 Å². The van der Waals surface area contributed by atoms with Crippen LogP contribution in [0.1, 0.15) is 10.4 Å². The van der Waals surface area contributed by atoms with E-state index >= 15 is 0 Å². The molecule has 0 aliphatic carbocycles. The first-order valence-corrected chi connectivity index (χ1v) is 7.37. The van der Waals surface area contributed by atoms with E-state index < -0.39 is 11.7 Å². The molecule has 0 atom stereocenters. The van der Waals surface area contributed by atoms with E-state index in [2.05, 4.69) is 0 Å². The lowest BCUT2D eigenvalue weighted by atomic mass is 10.1. The lowest BCUT2D eigenvalue weighted by molar-refractivity contribution is -0.114. The fourth-order valence-corrected chi connectivity index (χ4v) is 2.66. The zero-order valence-electron chi connectivity index (χ0n) is 11.4. The van der Waals surface area contributed by atoms with E-state index in [0.29, 0.717) is 27.0 Å². The van der Waals surface area contributed by atoms with Crippen LogP contribution in [0.5, 0.6) is 5.75 Å². The molecule has 1 aliphatic heterocycles. The molecule has 1 aliphatic rings. The highest BCUT2D eigenvalue weighted by atomic mass is 35.5. The molecular weight excluding hydrogens is 325 g/mol. The Morgan fingerprint density at radius 2 is 1.77 bits per heavy atom. The first kappa shape index (κ1) is 14.9. The average Bonchev–Trinajstić information content (AvgIpc) is 2.77. The smallest absolute Gasteiger partial charge is 0.299 e. The fraction of sp³-hybridized carbons (Fsp3) is 0.125. The van der Waals surface area contributed by atoms with E-state index in [9.17, 15) is 9.59 Å². The molecule has 22 heavy (non-hydrogen) atoms. The third-order valence-corrected chi connectivity index (χ3v) is 4.17. The summed E-state index contributed by atoms with van der Waals surface area (Å²) in [5, 5.41) is 0.727.